The Bertz CT molecular complexity index is 507. The van der Waals surface area contributed by atoms with Crippen molar-refractivity contribution in [2.75, 3.05) is 13.2 Å². The second-order valence-corrected chi connectivity index (χ2v) is 5.57. The number of carbonyl (C=O) groups is 1. The van der Waals surface area contributed by atoms with Crippen LogP contribution in [0.3, 0.4) is 0 Å². The van der Waals surface area contributed by atoms with E-state index in [0.717, 1.165) is 0 Å². The maximum absolute atomic E-state index is 11.4. The van der Waals surface area contributed by atoms with E-state index < -0.39 is 17.5 Å². The molecule has 0 aliphatic carbocycles. The molecule has 2 atom stereocenters. The quantitative estimate of drug-likeness (QED) is 0.882. The summed E-state index contributed by atoms with van der Waals surface area (Å²) in [5, 5.41) is 20.1. The first-order valence-corrected chi connectivity index (χ1v) is 6.69. The number of aliphatic carboxylic acids is 1. The molecule has 1 aromatic carbocycles. The van der Waals surface area contributed by atoms with E-state index >= 15 is 0 Å². The van der Waals surface area contributed by atoms with Crippen LogP contribution < -0.4 is 9.47 Å². The van der Waals surface area contributed by atoms with Gasteiger partial charge in [0.05, 0.1) is 5.92 Å². The number of aliphatic hydroxyl groups is 1. The van der Waals surface area contributed by atoms with Crippen LogP contribution in [-0.2, 0) is 10.4 Å². The highest BCUT2D eigenvalue weighted by Gasteiger charge is 2.41. The second kappa shape index (κ2) is 5.32. The lowest BCUT2D eigenvalue weighted by Gasteiger charge is -2.33. The van der Waals surface area contributed by atoms with E-state index in [1.54, 1.807) is 32.0 Å². The molecule has 0 spiro atoms. The SMILES string of the molecule is CC(C)C(C(=O)O)C(C)(O)c1ccc2c(c1)OCCO2. The van der Waals surface area contributed by atoms with Crippen LogP contribution in [0.5, 0.6) is 11.5 Å². The lowest BCUT2D eigenvalue weighted by atomic mass is 9.76. The first kappa shape index (κ1) is 14.7. The Morgan fingerprint density at radius 1 is 1.25 bits per heavy atom. The van der Waals surface area contributed by atoms with E-state index in [9.17, 15) is 15.0 Å². The first-order valence-electron chi connectivity index (χ1n) is 6.69. The van der Waals surface area contributed by atoms with E-state index in [1.165, 1.54) is 6.92 Å². The van der Waals surface area contributed by atoms with Gasteiger partial charge in [-0.05, 0) is 30.5 Å². The molecule has 110 valence electrons. The standard InChI is InChI=1S/C15H20O5/c1-9(2)13(14(16)17)15(3,18)10-4-5-11-12(8-10)20-7-6-19-11/h4-5,8-9,13,18H,6-7H2,1-3H3,(H,16,17). The van der Waals surface area contributed by atoms with Gasteiger partial charge in [-0.25, -0.2) is 0 Å². The minimum Gasteiger partial charge on any atom is -0.486 e. The summed E-state index contributed by atoms with van der Waals surface area (Å²) in [6, 6.07) is 5.05. The van der Waals surface area contributed by atoms with Crippen LogP contribution in [0.4, 0.5) is 0 Å². The van der Waals surface area contributed by atoms with Crippen LogP contribution in [-0.4, -0.2) is 29.4 Å². The molecule has 20 heavy (non-hydrogen) atoms. The third-order valence-corrected chi connectivity index (χ3v) is 3.66. The molecule has 5 heteroatoms. The molecule has 0 fully saturated rings. The Kier molecular flexibility index (Phi) is 3.90. The number of carboxylic acid groups (broad SMARTS) is 1. The van der Waals surface area contributed by atoms with Crippen LogP contribution in [0.15, 0.2) is 18.2 Å². The van der Waals surface area contributed by atoms with Gasteiger partial charge in [-0.1, -0.05) is 19.9 Å². The van der Waals surface area contributed by atoms with E-state index in [1.807, 2.05) is 0 Å². The van der Waals surface area contributed by atoms with Crippen LogP contribution >= 0.6 is 0 Å². The fourth-order valence-corrected chi connectivity index (χ4v) is 2.71. The second-order valence-electron chi connectivity index (χ2n) is 5.57. The van der Waals surface area contributed by atoms with Crippen molar-refractivity contribution >= 4 is 5.97 Å². The van der Waals surface area contributed by atoms with Crippen LogP contribution in [0.1, 0.15) is 26.3 Å². The number of ether oxygens (including phenoxy) is 2. The molecule has 1 heterocycles. The summed E-state index contributed by atoms with van der Waals surface area (Å²) in [4.78, 5) is 11.4. The highest BCUT2D eigenvalue weighted by Crippen LogP contribution is 2.39. The minimum atomic E-state index is -1.48. The molecule has 0 aromatic heterocycles. The maximum atomic E-state index is 11.4. The Hall–Kier alpha value is -1.75. The van der Waals surface area contributed by atoms with E-state index in [-0.39, 0.29) is 5.92 Å². The molecule has 1 aliphatic rings. The fraction of sp³-hybridized carbons (Fsp3) is 0.533. The zero-order valence-electron chi connectivity index (χ0n) is 11.9. The average Bonchev–Trinajstić information content (AvgIpc) is 2.36. The van der Waals surface area contributed by atoms with Gasteiger partial charge in [0.1, 0.15) is 18.8 Å². The third-order valence-electron chi connectivity index (χ3n) is 3.66. The smallest absolute Gasteiger partial charge is 0.310 e. The zero-order valence-corrected chi connectivity index (χ0v) is 11.9. The van der Waals surface area contributed by atoms with Crippen molar-refractivity contribution in [3.63, 3.8) is 0 Å². The molecule has 1 aliphatic heterocycles. The van der Waals surface area contributed by atoms with E-state index in [4.69, 9.17) is 9.47 Å². The summed E-state index contributed by atoms with van der Waals surface area (Å²) in [5.74, 6) is -0.949. The molecular weight excluding hydrogens is 260 g/mol. The van der Waals surface area contributed by atoms with Crippen molar-refractivity contribution < 1.29 is 24.5 Å². The summed E-state index contributed by atoms with van der Waals surface area (Å²) in [6.45, 7) is 6.03. The van der Waals surface area contributed by atoms with Crippen molar-refractivity contribution in [1.82, 2.24) is 0 Å². The zero-order chi connectivity index (χ0) is 14.9. The van der Waals surface area contributed by atoms with Crippen molar-refractivity contribution in [3.8, 4) is 11.5 Å². The Labute approximate surface area is 118 Å². The molecular formula is C15H20O5. The Morgan fingerprint density at radius 3 is 2.40 bits per heavy atom. The summed E-state index contributed by atoms with van der Waals surface area (Å²) in [6.07, 6.45) is 0. The lowest BCUT2D eigenvalue weighted by Crippen LogP contribution is -2.40. The number of fused-ring (bicyclic) bond motifs is 1. The van der Waals surface area contributed by atoms with Gasteiger partial charge in [0.25, 0.3) is 0 Å². The number of hydrogen-bond acceptors (Lipinski definition) is 4. The molecule has 2 N–H and O–H groups in total. The van der Waals surface area contributed by atoms with Gasteiger partial charge in [0, 0.05) is 0 Å². The van der Waals surface area contributed by atoms with Crippen molar-refractivity contribution in [2.45, 2.75) is 26.4 Å². The number of rotatable bonds is 4. The van der Waals surface area contributed by atoms with Gasteiger partial charge in [-0.2, -0.15) is 0 Å². The Balaban J connectivity index is 2.40. The summed E-state index contributed by atoms with van der Waals surface area (Å²) >= 11 is 0. The minimum absolute atomic E-state index is 0.198. The largest absolute Gasteiger partial charge is 0.486 e. The van der Waals surface area contributed by atoms with E-state index in [0.29, 0.717) is 30.3 Å². The molecule has 5 nitrogen and oxygen atoms in total. The van der Waals surface area contributed by atoms with Gasteiger partial charge >= 0.3 is 5.97 Å². The van der Waals surface area contributed by atoms with Gasteiger partial charge in [-0.15, -0.1) is 0 Å². The summed E-state index contributed by atoms with van der Waals surface area (Å²) in [5.41, 5.74) is -0.960. The maximum Gasteiger partial charge on any atom is 0.310 e. The fourth-order valence-electron chi connectivity index (χ4n) is 2.71. The highest BCUT2D eigenvalue weighted by molar-refractivity contribution is 5.72. The summed E-state index contributed by atoms with van der Waals surface area (Å²) < 4.78 is 10.9. The van der Waals surface area contributed by atoms with Crippen molar-refractivity contribution in [1.29, 1.82) is 0 Å². The Morgan fingerprint density at radius 2 is 1.85 bits per heavy atom. The third kappa shape index (κ3) is 2.58. The average molecular weight is 280 g/mol. The molecule has 0 saturated carbocycles. The first-order chi connectivity index (χ1) is 9.34. The molecule has 2 rings (SSSR count). The molecule has 2 unspecified atom stereocenters. The van der Waals surface area contributed by atoms with Gasteiger partial charge in [-0.3, -0.25) is 4.79 Å². The highest BCUT2D eigenvalue weighted by atomic mass is 16.6. The molecule has 1 aromatic rings. The van der Waals surface area contributed by atoms with Gasteiger partial charge < -0.3 is 19.7 Å². The molecule has 0 amide bonds. The van der Waals surface area contributed by atoms with E-state index in [2.05, 4.69) is 0 Å². The predicted molar refractivity (Wildman–Crippen MR) is 73.0 cm³/mol. The normalized spacial score (nSPS) is 18.4. The van der Waals surface area contributed by atoms with Crippen LogP contribution in [0.25, 0.3) is 0 Å². The number of hydrogen-bond donors (Lipinski definition) is 2. The summed E-state index contributed by atoms with van der Waals surface area (Å²) in [7, 11) is 0. The van der Waals surface area contributed by atoms with Crippen LogP contribution in [0, 0.1) is 11.8 Å². The predicted octanol–water partition coefficient (Wildman–Crippen LogP) is 2.02. The lowest BCUT2D eigenvalue weighted by molar-refractivity contribution is -0.155. The molecule has 0 radical (unpaired) electrons. The van der Waals surface area contributed by atoms with Crippen LogP contribution in [0.2, 0.25) is 0 Å². The van der Waals surface area contributed by atoms with Gasteiger partial charge in [0.2, 0.25) is 0 Å². The number of carboxylic acids is 1. The molecule has 0 bridgehead atoms. The number of benzene rings is 1. The van der Waals surface area contributed by atoms with Crippen molar-refractivity contribution in [3.05, 3.63) is 23.8 Å². The van der Waals surface area contributed by atoms with Gasteiger partial charge in [0.15, 0.2) is 11.5 Å². The monoisotopic (exact) mass is 280 g/mol. The molecule has 0 saturated heterocycles. The van der Waals surface area contributed by atoms with Crippen molar-refractivity contribution in [2.24, 2.45) is 11.8 Å². The topological polar surface area (TPSA) is 76.0 Å².